The molecular formula is C20H15ClN4O4. The molecule has 0 aliphatic rings. The Hall–Kier alpha value is -3.65. The van der Waals surface area contributed by atoms with Crippen LogP contribution >= 0.6 is 11.6 Å². The highest BCUT2D eigenvalue weighted by Crippen LogP contribution is 2.24. The first kappa shape index (κ1) is 18.7. The van der Waals surface area contributed by atoms with Crippen LogP contribution in [0.15, 0.2) is 58.0 Å². The quantitative estimate of drug-likeness (QED) is 0.538. The Morgan fingerprint density at radius 1 is 1.21 bits per heavy atom. The van der Waals surface area contributed by atoms with E-state index in [4.69, 9.17) is 16.0 Å². The lowest BCUT2D eigenvalue weighted by molar-refractivity contribution is -0.116. The number of hydrogen-bond donors (Lipinski definition) is 2. The van der Waals surface area contributed by atoms with Gasteiger partial charge in [0.2, 0.25) is 11.5 Å². The normalized spacial score (nSPS) is 11.0. The molecule has 4 aromatic rings. The van der Waals surface area contributed by atoms with Gasteiger partial charge in [0.25, 0.3) is 11.5 Å². The molecule has 0 fully saturated rings. The molecular weight excluding hydrogens is 396 g/mol. The molecule has 0 unspecified atom stereocenters. The second kappa shape index (κ2) is 7.40. The van der Waals surface area contributed by atoms with Crippen LogP contribution in [0.3, 0.4) is 0 Å². The minimum atomic E-state index is -0.463. The van der Waals surface area contributed by atoms with Crippen LogP contribution in [0.25, 0.3) is 22.1 Å². The van der Waals surface area contributed by atoms with Crippen LogP contribution in [0, 0.1) is 0 Å². The van der Waals surface area contributed by atoms with Gasteiger partial charge in [-0.2, -0.15) is 0 Å². The lowest BCUT2D eigenvalue weighted by Gasteiger charge is -2.09. The van der Waals surface area contributed by atoms with Gasteiger partial charge in [0, 0.05) is 18.1 Å². The van der Waals surface area contributed by atoms with Crippen molar-refractivity contribution in [2.24, 2.45) is 0 Å². The van der Waals surface area contributed by atoms with E-state index in [0.717, 1.165) is 9.95 Å². The van der Waals surface area contributed by atoms with Gasteiger partial charge < -0.3 is 15.1 Å². The van der Waals surface area contributed by atoms with Crippen molar-refractivity contribution in [1.29, 1.82) is 0 Å². The number of aromatic nitrogens is 2. The fraction of sp³-hybridized carbons (Fsp3) is 0.100. The van der Waals surface area contributed by atoms with Crippen molar-refractivity contribution >= 4 is 51.2 Å². The third kappa shape index (κ3) is 3.45. The summed E-state index contributed by atoms with van der Waals surface area (Å²) in [6.45, 7) is -0.267. The molecule has 4 rings (SSSR count). The topological polar surface area (TPSA) is 106 Å². The number of carbonyl (C=O) groups excluding carboxylic acids is 2. The van der Waals surface area contributed by atoms with E-state index < -0.39 is 11.5 Å². The number of furan rings is 1. The smallest absolute Gasteiger partial charge is 0.297 e. The van der Waals surface area contributed by atoms with E-state index in [9.17, 15) is 14.4 Å². The number of nitrogens with one attached hydrogen (secondary N) is 2. The SMILES string of the molecule is CNC(=O)c1cc(NC(=O)Cn2cnc3c(oc4ccccc43)c2=O)ccc1Cl. The van der Waals surface area contributed by atoms with E-state index in [0.29, 0.717) is 16.8 Å². The Bertz CT molecular complexity index is 1330. The maximum Gasteiger partial charge on any atom is 0.297 e. The molecule has 2 amide bonds. The van der Waals surface area contributed by atoms with Gasteiger partial charge in [-0.1, -0.05) is 23.7 Å². The number of anilines is 1. The fourth-order valence-corrected chi connectivity index (χ4v) is 3.20. The standard InChI is InChI=1S/C20H15ClN4O4/c1-22-19(27)13-8-11(6-7-14(13)21)24-16(26)9-25-10-23-17-12-4-2-3-5-15(12)29-18(17)20(25)28/h2-8,10H,9H2,1H3,(H,22,27)(H,24,26). The zero-order chi connectivity index (χ0) is 20.5. The van der Waals surface area contributed by atoms with Crippen molar-refractivity contribution < 1.29 is 14.0 Å². The number of rotatable bonds is 4. The van der Waals surface area contributed by atoms with Gasteiger partial charge in [0.15, 0.2) is 0 Å². The number of amides is 2. The zero-order valence-electron chi connectivity index (χ0n) is 15.2. The molecule has 0 saturated heterocycles. The molecule has 0 spiro atoms. The molecule has 0 aliphatic heterocycles. The molecule has 0 atom stereocenters. The Morgan fingerprint density at radius 3 is 2.79 bits per heavy atom. The van der Waals surface area contributed by atoms with Crippen LogP contribution < -0.4 is 16.2 Å². The Balaban J connectivity index is 1.60. The Morgan fingerprint density at radius 2 is 2.00 bits per heavy atom. The Labute approximate surface area is 169 Å². The van der Waals surface area contributed by atoms with Gasteiger partial charge in [-0.05, 0) is 30.3 Å². The zero-order valence-corrected chi connectivity index (χ0v) is 16.0. The number of fused-ring (bicyclic) bond motifs is 3. The van der Waals surface area contributed by atoms with Gasteiger partial charge in [-0.25, -0.2) is 4.98 Å². The number of benzene rings is 2. The summed E-state index contributed by atoms with van der Waals surface area (Å²) in [4.78, 5) is 41.2. The highest BCUT2D eigenvalue weighted by molar-refractivity contribution is 6.34. The van der Waals surface area contributed by atoms with Gasteiger partial charge in [-0.3, -0.25) is 19.0 Å². The molecule has 8 nitrogen and oxygen atoms in total. The summed E-state index contributed by atoms with van der Waals surface area (Å²) in [5.41, 5.74) is 1.25. The number of hydrogen-bond acceptors (Lipinski definition) is 5. The van der Waals surface area contributed by atoms with Gasteiger partial charge in [0.1, 0.15) is 17.6 Å². The second-order valence-corrected chi connectivity index (χ2v) is 6.68. The summed E-state index contributed by atoms with van der Waals surface area (Å²) in [7, 11) is 1.48. The van der Waals surface area contributed by atoms with Gasteiger partial charge in [-0.15, -0.1) is 0 Å². The first-order valence-electron chi connectivity index (χ1n) is 8.66. The number of halogens is 1. The molecule has 146 valence electrons. The average molecular weight is 411 g/mol. The highest BCUT2D eigenvalue weighted by Gasteiger charge is 2.15. The van der Waals surface area contributed by atoms with Crippen molar-refractivity contribution in [1.82, 2.24) is 14.9 Å². The minimum Gasteiger partial charge on any atom is -0.448 e. The molecule has 2 aromatic carbocycles. The number of para-hydroxylation sites is 1. The van der Waals surface area contributed by atoms with E-state index in [1.807, 2.05) is 12.1 Å². The number of carbonyl (C=O) groups is 2. The van der Waals surface area contributed by atoms with E-state index >= 15 is 0 Å². The third-order valence-electron chi connectivity index (χ3n) is 4.39. The third-order valence-corrected chi connectivity index (χ3v) is 4.72. The van der Waals surface area contributed by atoms with Crippen LogP contribution in [-0.2, 0) is 11.3 Å². The molecule has 0 bridgehead atoms. The molecule has 0 aliphatic carbocycles. The fourth-order valence-electron chi connectivity index (χ4n) is 2.99. The predicted molar refractivity (Wildman–Crippen MR) is 109 cm³/mol. The summed E-state index contributed by atoms with van der Waals surface area (Å²) >= 11 is 6.01. The summed E-state index contributed by atoms with van der Waals surface area (Å²) < 4.78 is 6.77. The molecule has 2 N–H and O–H groups in total. The molecule has 0 saturated carbocycles. The Kier molecular flexibility index (Phi) is 4.77. The van der Waals surface area contributed by atoms with E-state index in [1.165, 1.54) is 25.5 Å². The summed E-state index contributed by atoms with van der Waals surface area (Å²) in [5.74, 6) is -0.837. The maximum atomic E-state index is 12.7. The summed E-state index contributed by atoms with van der Waals surface area (Å²) in [6.07, 6.45) is 1.31. The van der Waals surface area contributed by atoms with Gasteiger partial charge >= 0.3 is 0 Å². The molecule has 2 heterocycles. The first-order chi connectivity index (χ1) is 14.0. The first-order valence-corrected chi connectivity index (χ1v) is 9.04. The molecule has 0 radical (unpaired) electrons. The molecule has 2 aromatic heterocycles. The lowest BCUT2D eigenvalue weighted by Crippen LogP contribution is -2.27. The van der Waals surface area contributed by atoms with E-state index in [2.05, 4.69) is 15.6 Å². The minimum absolute atomic E-state index is 0.0925. The monoisotopic (exact) mass is 410 g/mol. The van der Waals surface area contributed by atoms with Crippen LogP contribution in [0.2, 0.25) is 5.02 Å². The van der Waals surface area contributed by atoms with Crippen molar-refractivity contribution in [3.63, 3.8) is 0 Å². The van der Waals surface area contributed by atoms with Crippen molar-refractivity contribution in [3.8, 4) is 0 Å². The lowest BCUT2D eigenvalue weighted by atomic mass is 10.2. The van der Waals surface area contributed by atoms with Crippen LogP contribution in [-0.4, -0.2) is 28.4 Å². The van der Waals surface area contributed by atoms with Crippen molar-refractivity contribution in [2.45, 2.75) is 6.54 Å². The maximum absolute atomic E-state index is 12.7. The van der Waals surface area contributed by atoms with Crippen molar-refractivity contribution in [2.75, 3.05) is 12.4 Å². The predicted octanol–water partition coefficient (Wildman–Crippen LogP) is 2.79. The second-order valence-electron chi connectivity index (χ2n) is 6.28. The largest absolute Gasteiger partial charge is 0.448 e. The van der Waals surface area contributed by atoms with E-state index in [1.54, 1.807) is 18.2 Å². The van der Waals surface area contributed by atoms with Crippen LogP contribution in [0.4, 0.5) is 5.69 Å². The van der Waals surface area contributed by atoms with Gasteiger partial charge in [0.05, 0.1) is 16.9 Å². The number of nitrogens with zero attached hydrogens (tertiary/aromatic N) is 2. The average Bonchev–Trinajstić information content (AvgIpc) is 3.10. The van der Waals surface area contributed by atoms with E-state index in [-0.39, 0.29) is 28.6 Å². The molecule has 29 heavy (non-hydrogen) atoms. The summed E-state index contributed by atoms with van der Waals surface area (Å²) in [6, 6.07) is 11.7. The van der Waals surface area contributed by atoms with Crippen molar-refractivity contribution in [3.05, 3.63) is 69.7 Å². The highest BCUT2D eigenvalue weighted by atomic mass is 35.5. The van der Waals surface area contributed by atoms with Crippen LogP contribution in [0.5, 0.6) is 0 Å². The summed E-state index contributed by atoms with van der Waals surface area (Å²) in [5, 5.41) is 6.12. The molecule has 9 heteroatoms. The van der Waals surface area contributed by atoms with Crippen LogP contribution in [0.1, 0.15) is 10.4 Å².